The molecule has 0 saturated heterocycles. The van der Waals surface area contributed by atoms with Crippen molar-refractivity contribution in [3.8, 4) is 0 Å². The van der Waals surface area contributed by atoms with Crippen molar-refractivity contribution in [2.45, 2.75) is 26.3 Å². The maximum atomic E-state index is 11.4. The predicted molar refractivity (Wildman–Crippen MR) is 50.1 cm³/mol. The summed E-state index contributed by atoms with van der Waals surface area (Å²) in [7, 11) is 0. The zero-order valence-electron chi connectivity index (χ0n) is 7.66. The number of ketones is 1. The molecule has 0 radical (unpaired) electrons. The molecule has 0 spiro atoms. The van der Waals surface area contributed by atoms with E-state index >= 15 is 0 Å². The zero-order valence-corrected chi connectivity index (χ0v) is 7.66. The van der Waals surface area contributed by atoms with Gasteiger partial charge in [0, 0.05) is 24.7 Å². The molecule has 0 bridgehead atoms. The molecule has 1 aliphatic rings. The third-order valence-corrected chi connectivity index (χ3v) is 2.29. The third-order valence-electron chi connectivity index (χ3n) is 2.29. The molecule has 3 heteroatoms. The molecule has 0 amide bonds. The number of rotatable bonds is 2. The van der Waals surface area contributed by atoms with Gasteiger partial charge < -0.3 is 4.57 Å². The van der Waals surface area contributed by atoms with E-state index in [9.17, 15) is 4.79 Å². The van der Waals surface area contributed by atoms with Gasteiger partial charge in [0.05, 0.1) is 12.0 Å². The Balaban J connectivity index is 2.30. The lowest BCUT2D eigenvalue weighted by Gasteiger charge is -1.94. The molecule has 0 atom stereocenters. The first-order valence-electron chi connectivity index (χ1n) is 4.56. The number of aromatic nitrogens is 2. The molecule has 2 rings (SSSR count). The van der Waals surface area contributed by atoms with E-state index in [2.05, 4.69) is 11.9 Å². The zero-order chi connectivity index (χ0) is 9.26. The summed E-state index contributed by atoms with van der Waals surface area (Å²) in [6.45, 7) is 2.95. The van der Waals surface area contributed by atoms with Crippen LogP contribution in [0, 0.1) is 0 Å². The monoisotopic (exact) mass is 176 g/mol. The Labute approximate surface area is 77.1 Å². The van der Waals surface area contributed by atoms with Crippen molar-refractivity contribution in [1.82, 2.24) is 9.55 Å². The van der Waals surface area contributed by atoms with Crippen molar-refractivity contribution in [2.75, 3.05) is 0 Å². The lowest BCUT2D eigenvalue weighted by Crippen LogP contribution is -1.95. The van der Waals surface area contributed by atoms with Crippen molar-refractivity contribution in [3.63, 3.8) is 0 Å². The Morgan fingerprint density at radius 2 is 2.46 bits per heavy atom. The van der Waals surface area contributed by atoms with Crippen LogP contribution in [-0.4, -0.2) is 15.3 Å². The summed E-state index contributed by atoms with van der Waals surface area (Å²) in [6, 6.07) is 0. The highest BCUT2D eigenvalue weighted by Crippen LogP contribution is 2.22. The number of nitrogens with zero attached hydrogens (tertiary/aromatic N) is 2. The highest BCUT2D eigenvalue weighted by Gasteiger charge is 2.18. The molecule has 3 nitrogen and oxygen atoms in total. The maximum Gasteiger partial charge on any atom is 0.165 e. The standard InChI is InChI=1S/C10H12N2O/c1-2-12-6-9(11-7-12)8-4-3-5-10(8)13/h4,6-7H,2-3,5H2,1H3. The van der Waals surface area contributed by atoms with Crippen LogP contribution in [0.2, 0.25) is 0 Å². The maximum absolute atomic E-state index is 11.4. The summed E-state index contributed by atoms with van der Waals surface area (Å²) in [5, 5.41) is 0. The highest BCUT2D eigenvalue weighted by molar-refractivity contribution is 6.21. The van der Waals surface area contributed by atoms with Crippen LogP contribution in [0.3, 0.4) is 0 Å². The van der Waals surface area contributed by atoms with Gasteiger partial charge in [0.2, 0.25) is 0 Å². The van der Waals surface area contributed by atoms with Gasteiger partial charge in [-0.25, -0.2) is 4.98 Å². The topological polar surface area (TPSA) is 34.9 Å². The lowest BCUT2D eigenvalue weighted by molar-refractivity contribution is -0.113. The predicted octanol–water partition coefficient (Wildman–Crippen LogP) is 1.65. The van der Waals surface area contributed by atoms with Crippen LogP contribution in [0.15, 0.2) is 18.6 Å². The van der Waals surface area contributed by atoms with Gasteiger partial charge in [0.15, 0.2) is 5.78 Å². The molecule has 0 N–H and O–H groups in total. The number of carbonyl (C=O) groups excluding carboxylic acids is 1. The molecule has 1 aromatic heterocycles. The van der Waals surface area contributed by atoms with Crippen LogP contribution in [-0.2, 0) is 11.3 Å². The number of carbonyl (C=O) groups is 1. The summed E-state index contributed by atoms with van der Waals surface area (Å²) >= 11 is 0. The van der Waals surface area contributed by atoms with E-state index in [1.807, 2.05) is 16.8 Å². The summed E-state index contributed by atoms with van der Waals surface area (Å²) in [6.07, 6.45) is 7.18. The molecule has 0 fully saturated rings. The highest BCUT2D eigenvalue weighted by atomic mass is 16.1. The number of hydrogen-bond donors (Lipinski definition) is 0. The fourth-order valence-corrected chi connectivity index (χ4v) is 1.52. The molecule has 1 aliphatic carbocycles. The first kappa shape index (κ1) is 8.23. The van der Waals surface area contributed by atoms with Crippen molar-refractivity contribution in [2.24, 2.45) is 0 Å². The van der Waals surface area contributed by atoms with E-state index in [4.69, 9.17) is 0 Å². The Bertz CT molecular complexity index is 363. The molecule has 68 valence electrons. The van der Waals surface area contributed by atoms with E-state index in [0.717, 1.165) is 24.2 Å². The fraction of sp³-hybridized carbons (Fsp3) is 0.400. The molecular weight excluding hydrogens is 164 g/mol. The SMILES string of the molecule is CCn1cnc(C2=CCCC2=O)c1. The number of imidazole rings is 1. The van der Waals surface area contributed by atoms with E-state index in [1.54, 1.807) is 6.33 Å². The second kappa shape index (κ2) is 3.17. The van der Waals surface area contributed by atoms with Gasteiger partial charge in [-0.2, -0.15) is 0 Å². The normalized spacial score (nSPS) is 16.4. The average Bonchev–Trinajstić information content (AvgIpc) is 2.71. The Morgan fingerprint density at radius 1 is 1.62 bits per heavy atom. The summed E-state index contributed by atoms with van der Waals surface area (Å²) in [5.74, 6) is 0.223. The Morgan fingerprint density at radius 3 is 3.00 bits per heavy atom. The van der Waals surface area contributed by atoms with Crippen LogP contribution in [0.1, 0.15) is 25.5 Å². The molecule has 1 heterocycles. The second-order valence-corrected chi connectivity index (χ2v) is 3.17. The van der Waals surface area contributed by atoms with Gasteiger partial charge in [-0.3, -0.25) is 4.79 Å². The quantitative estimate of drug-likeness (QED) is 0.686. The first-order chi connectivity index (χ1) is 6.31. The van der Waals surface area contributed by atoms with Gasteiger partial charge >= 0.3 is 0 Å². The second-order valence-electron chi connectivity index (χ2n) is 3.17. The summed E-state index contributed by atoms with van der Waals surface area (Å²) in [5.41, 5.74) is 1.62. The van der Waals surface area contributed by atoms with Crippen LogP contribution in [0.4, 0.5) is 0 Å². The fourth-order valence-electron chi connectivity index (χ4n) is 1.52. The lowest BCUT2D eigenvalue weighted by atomic mass is 10.2. The van der Waals surface area contributed by atoms with Gasteiger partial charge in [0.25, 0.3) is 0 Å². The average molecular weight is 176 g/mol. The van der Waals surface area contributed by atoms with E-state index in [0.29, 0.717) is 6.42 Å². The van der Waals surface area contributed by atoms with Crippen LogP contribution < -0.4 is 0 Å². The molecule has 13 heavy (non-hydrogen) atoms. The smallest absolute Gasteiger partial charge is 0.165 e. The number of allylic oxidation sites excluding steroid dienone is 2. The number of hydrogen-bond acceptors (Lipinski definition) is 2. The van der Waals surface area contributed by atoms with Gasteiger partial charge in [-0.05, 0) is 13.3 Å². The molecular formula is C10H12N2O. The molecule has 0 unspecified atom stereocenters. The largest absolute Gasteiger partial charge is 0.337 e. The van der Waals surface area contributed by atoms with Gasteiger partial charge in [-0.15, -0.1) is 0 Å². The van der Waals surface area contributed by atoms with Gasteiger partial charge in [0.1, 0.15) is 0 Å². The number of aryl methyl sites for hydroxylation is 1. The minimum Gasteiger partial charge on any atom is -0.337 e. The molecule has 0 aromatic carbocycles. The van der Waals surface area contributed by atoms with Crippen molar-refractivity contribution in [1.29, 1.82) is 0 Å². The van der Waals surface area contributed by atoms with Crippen LogP contribution in [0.25, 0.3) is 5.57 Å². The van der Waals surface area contributed by atoms with E-state index in [-0.39, 0.29) is 5.78 Å². The van der Waals surface area contributed by atoms with Crippen molar-refractivity contribution >= 4 is 11.4 Å². The Hall–Kier alpha value is -1.38. The van der Waals surface area contributed by atoms with Crippen LogP contribution >= 0.6 is 0 Å². The minimum absolute atomic E-state index is 0.223. The summed E-state index contributed by atoms with van der Waals surface area (Å²) in [4.78, 5) is 15.5. The third kappa shape index (κ3) is 1.41. The van der Waals surface area contributed by atoms with Crippen molar-refractivity contribution < 1.29 is 4.79 Å². The molecule has 0 saturated carbocycles. The minimum atomic E-state index is 0.223. The first-order valence-corrected chi connectivity index (χ1v) is 4.56. The Kier molecular flexibility index (Phi) is 2.00. The number of Topliss-reactive ketones (excluding diaryl/α,β-unsaturated/α-hetero) is 1. The molecule has 1 aromatic rings. The molecule has 0 aliphatic heterocycles. The summed E-state index contributed by atoms with van der Waals surface area (Å²) < 4.78 is 1.97. The van der Waals surface area contributed by atoms with Crippen molar-refractivity contribution in [3.05, 3.63) is 24.3 Å². The van der Waals surface area contributed by atoms with Crippen LogP contribution in [0.5, 0.6) is 0 Å². The van der Waals surface area contributed by atoms with E-state index in [1.165, 1.54) is 0 Å². The van der Waals surface area contributed by atoms with Gasteiger partial charge in [-0.1, -0.05) is 6.08 Å². The van der Waals surface area contributed by atoms with E-state index < -0.39 is 0 Å².